The largest absolute Gasteiger partial charge is 0.393 e. The third kappa shape index (κ3) is 2.08. The van der Waals surface area contributed by atoms with Crippen molar-refractivity contribution in [2.45, 2.75) is 44.2 Å². The Hall–Kier alpha value is -0.590. The number of nitrogens with one attached hydrogen (secondary N) is 1. The monoisotopic (exact) mass is 194 g/mol. The smallest absolute Gasteiger partial charge is 0.0672 e. The summed E-state index contributed by atoms with van der Waals surface area (Å²) in [4.78, 5) is 0. The first kappa shape index (κ1) is 9.95. The van der Waals surface area contributed by atoms with Crippen LogP contribution in [0.4, 0.5) is 0 Å². The third-order valence-electron chi connectivity index (χ3n) is 3.56. The van der Waals surface area contributed by atoms with Gasteiger partial charge in [0.05, 0.1) is 18.1 Å². The number of aliphatic hydroxyl groups is 1. The molecule has 0 saturated heterocycles. The molecule has 2 aliphatic rings. The number of nitriles is 1. The first-order chi connectivity index (χ1) is 6.79. The Bertz CT molecular complexity index is 230. The Kier molecular flexibility index (Phi) is 3.05. The summed E-state index contributed by atoms with van der Waals surface area (Å²) in [5.41, 5.74) is 0. The summed E-state index contributed by atoms with van der Waals surface area (Å²) < 4.78 is 0. The minimum atomic E-state index is -0.0582. The van der Waals surface area contributed by atoms with Gasteiger partial charge in [0.25, 0.3) is 0 Å². The lowest BCUT2D eigenvalue weighted by Gasteiger charge is -2.32. The van der Waals surface area contributed by atoms with E-state index >= 15 is 0 Å². The molecule has 2 aliphatic carbocycles. The van der Waals surface area contributed by atoms with E-state index in [-0.39, 0.29) is 12.0 Å². The number of rotatable bonds is 3. The van der Waals surface area contributed by atoms with Crippen molar-refractivity contribution in [3.63, 3.8) is 0 Å². The molecular formula is C11H18N2O. The highest BCUT2D eigenvalue weighted by Gasteiger charge is 2.30. The van der Waals surface area contributed by atoms with Gasteiger partial charge in [0.1, 0.15) is 0 Å². The molecule has 2 unspecified atom stereocenters. The molecule has 0 heterocycles. The molecular weight excluding hydrogens is 176 g/mol. The van der Waals surface area contributed by atoms with Crippen LogP contribution in [-0.4, -0.2) is 23.8 Å². The molecule has 0 radical (unpaired) electrons. The Morgan fingerprint density at radius 3 is 2.79 bits per heavy atom. The lowest BCUT2D eigenvalue weighted by atomic mass is 9.82. The molecule has 2 fully saturated rings. The van der Waals surface area contributed by atoms with E-state index in [1.807, 2.05) is 0 Å². The molecule has 2 saturated carbocycles. The van der Waals surface area contributed by atoms with Crippen molar-refractivity contribution in [2.75, 3.05) is 6.54 Å². The topological polar surface area (TPSA) is 56.0 Å². The van der Waals surface area contributed by atoms with Crippen molar-refractivity contribution in [3.8, 4) is 6.07 Å². The molecule has 0 amide bonds. The third-order valence-corrected chi connectivity index (χ3v) is 3.56. The molecule has 0 aromatic rings. The zero-order valence-electron chi connectivity index (χ0n) is 8.45. The van der Waals surface area contributed by atoms with Crippen molar-refractivity contribution in [3.05, 3.63) is 0 Å². The van der Waals surface area contributed by atoms with Gasteiger partial charge >= 0.3 is 0 Å². The van der Waals surface area contributed by atoms with Crippen LogP contribution in [0.15, 0.2) is 0 Å². The van der Waals surface area contributed by atoms with E-state index in [2.05, 4.69) is 11.4 Å². The number of hydrogen-bond acceptors (Lipinski definition) is 3. The van der Waals surface area contributed by atoms with Crippen LogP contribution in [-0.2, 0) is 0 Å². The van der Waals surface area contributed by atoms with Crippen LogP contribution in [0.2, 0.25) is 0 Å². The Balaban J connectivity index is 1.68. The fourth-order valence-electron chi connectivity index (χ4n) is 2.54. The molecule has 14 heavy (non-hydrogen) atoms. The second kappa shape index (κ2) is 4.29. The van der Waals surface area contributed by atoms with Crippen LogP contribution in [0, 0.1) is 23.2 Å². The van der Waals surface area contributed by atoms with Gasteiger partial charge in [0, 0.05) is 6.04 Å². The molecule has 3 nitrogen and oxygen atoms in total. The first-order valence-electron chi connectivity index (χ1n) is 5.60. The summed E-state index contributed by atoms with van der Waals surface area (Å²) in [6.45, 7) is 0.986. The van der Waals surface area contributed by atoms with Crippen molar-refractivity contribution < 1.29 is 5.11 Å². The molecule has 0 aromatic heterocycles. The van der Waals surface area contributed by atoms with Crippen LogP contribution in [0.3, 0.4) is 0 Å². The molecule has 2 atom stereocenters. The maximum atomic E-state index is 9.13. The SMILES string of the molecule is N#CC1CCCC1NCC1CC(O)C1. The van der Waals surface area contributed by atoms with E-state index in [9.17, 15) is 0 Å². The van der Waals surface area contributed by atoms with Gasteiger partial charge in [-0.05, 0) is 38.1 Å². The predicted molar refractivity (Wildman–Crippen MR) is 53.5 cm³/mol. The molecule has 78 valence electrons. The zero-order valence-corrected chi connectivity index (χ0v) is 8.45. The standard InChI is InChI=1S/C11H18N2O/c12-6-9-2-1-3-11(9)13-7-8-4-10(14)5-8/h8-11,13-14H,1-5,7H2. The lowest BCUT2D eigenvalue weighted by Crippen LogP contribution is -2.41. The van der Waals surface area contributed by atoms with Crippen molar-refractivity contribution in [1.29, 1.82) is 5.26 Å². The maximum Gasteiger partial charge on any atom is 0.0672 e. The second-order valence-corrected chi connectivity index (χ2v) is 4.67. The Morgan fingerprint density at radius 1 is 1.36 bits per heavy atom. The van der Waals surface area contributed by atoms with E-state index in [0.29, 0.717) is 12.0 Å². The molecule has 0 aliphatic heterocycles. The minimum Gasteiger partial charge on any atom is -0.393 e. The summed E-state index contributed by atoms with van der Waals surface area (Å²) in [5, 5.41) is 21.5. The van der Waals surface area contributed by atoms with Gasteiger partial charge in [0.2, 0.25) is 0 Å². The van der Waals surface area contributed by atoms with Crippen LogP contribution in [0.25, 0.3) is 0 Å². The normalized spacial score (nSPS) is 41.7. The summed E-state index contributed by atoms with van der Waals surface area (Å²) in [7, 11) is 0. The summed E-state index contributed by atoms with van der Waals surface area (Å²) in [5.74, 6) is 0.866. The molecule has 0 aromatic carbocycles. The Morgan fingerprint density at radius 2 is 2.14 bits per heavy atom. The second-order valence-electron chi connectivity index (χ2n) is 4.67. The van der Waals surface area contributed by atoms with Crippen LogP contribution in [0.1, 0.15) is 32.1 Å². The summed E-state index contributed by atoms with van der Waals surface area (Å²) >= 11 is 0. The first-order valence-corrected chi connectivity index (χ1v) is 5.60. The molecule has 3 heteroatoms. The zero-order chi connectivity index (χ0) is 9.97. The summed E-state index contributed by atoms with van der Waals surface area (Å²) in [6, 6.07) is 2.79. The quantitative estimate of drug-likeness (QED) is 0.705. The van der Waals surface area contributed by atoms with E-state index in [1.54, 1.807) is 0 Å². The number of hydrogen-bond donors (Lipinski definition) is 2. The highest BCUT2D eigenvalue weighted by molar-refractivity contribution is 4.97. The maximum absolute atomic E-state index is 9.13. The molecule has 2 rings (SSSR count). The molecule has 2 N–H and O–H groups in total. The molecule has 0 bridgehead atoms. The van der Waals surface area contributed by atoms with E-state index in [1.165, 1.54) is 6.42 Å². The Labute approximate surface area is 85.1 Å². The fraction of sp³-hybridized carbons (Fsp3) is 0.909. The van der Waals surface area contributed by atoms with E-state index in [4.69, 9.17) is 10.4 Å². The number of nitrogens with zero attached hydrogens (tertiary/aromatic N) is 1. The molecule has 0 spiro atoms. The van der Waals surface area contributed by atoms with E-state index < -0.39 is 0 Å². The van der Waals surface area contributed by atoms with Crippen LogP contribution < -0.4 is 5.32 Å². The van der Waals surface area contributed by atoms with Crippen LogP contribution in [0.5, 0.6) is 0 Å². The average molecular weight is 194 g/mol. The highest BCUT2D eigenvalue weighted by Crippen LogP contribution is 2.28. The highest BCUT2D eigenvalue weighted by atomic mass is 16.3. The van der Waals surface area contributed by atoms with Gasteiger partial charge in [-0.15, -0.1) is 0 Å². The number of aliphatic hydroxyl groups excluding tert-OH is 1. The summed E-state index contributed by atoms with van der Waals surface area (Å²) in [6.07, 6.45) is 5.21. The van der Waals surface area contributed by atoms with Crippen molar-refractivity contribution >= 4 is 0 Å². The van der Waals surface area contributed by atoms with Gasteiger partial charge in [-0.2, -0.15) is 5.26 Å². The van der Waals surface area contributed by atoms with Crippen molar-refractivity contribution in [2.24, 2.45) is 11.8 Å². The lowest BCUT2D eigenvalue weighted by molar-refractivity contribution is 0.0416. The van der Waals surface area contributed by atoms with Crippen LogP contribution >= 0.6 is 0 Å². The van der Waals surface area contributed by atoms with Crippen molar-refractivity contribution in [1.82, 2.24) is 5.32 Å². The van der Waals surface area contributed by atoms with Gasteiger partial charge in [-0.25, -0.2) is 0 Å². The van der Waals surface area contributed by atoms with Gasteiger partial charge in [-0.1, -0.05) is 6.42 Å². The van der Waals surface area contributed by atoms with E-state index in [0.717, 1.165) is 32.2 Å². The van der Waals surface area contributed by atoms with Gasteiger partial charge in [0.15, 0.2) is 0 Å². The fourth-order valence-corrected chi connectivity index (χ4v) is 2.54. The van der Waals surface area contributed by atoms with Gasteiger partial charge in [-0.3, -0.25) is 0 Å². The minimum absolute atomic E-state index is 0.0582. The van der Waals surface area contributed by atoms with Gasteiger partial charge < -0.3 is 10.4 Å². The average Bonchev–Trinajstić information content (AvgIpc) is 2.57. The predicted octanol–water partition coefficient (Wildman–Crippen LogP) is 1.04.